The monoisotopic (exact) mass is 233 g/mol. The number of hydrogen-bond acceptors (Lipinski definition) is 4. The van der Waals surface area contributed by atoms with Gasteiger partial charge < -0.3 is 4.74 Å². The van der Waals surface area contributed by atoms with Gasteiger partial charge in [-0.2, -0.15) is 5.26 Å². The summed E-state index contributed by atoms with van der Waals surface area (Å²) in [7, 11) is 0. The maximum Gasteiger partial charge on any atom is 0.349 e. The predicted octanol–water partition coefficient (Wildman–Crippen LogP) is 1.90. The second kappa shape index (κ2) is 3.99. The lowest BCUT2D eigenvalue weighted by Crippen LogP contribution is -2.39. The number of ketones is 1. The van der Waals surface area contributed by atoms with Gasteiger partial charge in [0, 0.05) is 18.8 Å². The zero-order valence-corrected chi connectivity index (χ0v) is 10.1. The van der Waals surface area contributed by atoms with Gasteiger partial charge in [-0.15, -0.1) is 0 Å². The average Bonchev–Trinajstić information content (AvgIpc) is 2.51. The Hall–Kier alpha value is -1.63. The Balaban J connectivity index is 2.32. The van der Waals surface area contributed by atoms with Crippen molar-refractivity contribution in [2.45, 2.75) is 45.1 Å². The van der Waals surface area contributed by atoms with Gasteiger partial charge in [0.15, 0.2) is 0 Å². The van der Waals surface area contributed by atoms with Crippen LogP contribution in [-0.4, -0.2) is 17.4 Å². The lowest BCUT2D eigenvalue weighted by molar-refractivity contribution is -0.151. The molecule has 1 aliphatic carbocycles. The largest absolute Gasteiger partial charge is 0.450 e. The molecule has 0 spiro atoms. The number of ether oxygens (including phenoxy) is 1. The molecule has 1 saturated carbocycles. The fourth-order valence-corrected chi connectivity index (χ4v) is 2.74. The molecule has 1 aliphatic heterocycles. The molecule has 17 heavy (non-hydrogen) atoms. The Kier molecular flexibility index (Phi) is 2.78. The van der Waals surface area contributed by atoms with Crippen LogP contribution in [0.1, 0.15) is 39.5 Å². The highest BCUT2D eigenvalue weighted by Gasteiger charge is 2.48. The Labute approximate surface area is 100 Å². The average molecular weight is 233 g/mol. The first-order chi connectivity index (χ1) is 7.99. The van der Waals surface area contributed by atoms with E-state index in [1.807, 2.05) is 13.0 Å². The van der Waals surface area contributed by atoms with Crippen LogP contribution >= 0.6 is 0 Å². The van der Waals surface area contributed by atoms with Gasteiger partial charge in [0.1, 0.15) is 23.0 Å². The zero-order valence-electron chi connectivity index (χ0n) is 10.1. The third-order valence-corrected chi connectivity index (χ3v) is 4.00. The molecule has 0 aromatic heterocycles. The molecule has 1 heterocycles. The van der Waals surface area contributed by atoms with Gasteiger partial charge in [-0.3, -0.25) is 4.79 Å². The molecule has 90 valence electrons. The van der Waals surface area contributed by atoms with Crippen molar-refractivity contribution in [3.8, 4) is 6.07 Å². The van der Waals surface area contributed by atoms with E-state index in [1.165, 1.54) is 0 Å². The molecular formula is C13H15NO3. The van der Waals surface area contributed by atoms with E-state index in [1.54, 1.807) is 6.92 Å². The lowest BCUT2D eigenvalue weighted by Gasteiger charge is -2.36. The van der Waals surface area contributed by atoms with E-state index < -0.39 is 11.6 Å². The molecule has 0 unspecified atom stereocenters. The molecule has 1 fully saturated rings. The topological polar surface area (TPSA) is 67.2 Å². The number of carbonyl (C=O) groups excluding carboxylic acids is 2. The summed E-state index contributed by atoms with van der Waals surface area (Å²) in [6, 6.07) is 1.89. The molecule has 0 amide bonds. The molecule has 0 saturated heterocycles. The molecule has 0 aromatic carbocycles. The summed E-state index contributed by atoms with van der Waals surface area (Å²) in [6.45, 7) is 3.57. The van der Waals surface area contributed by atoms with Crippen LogP contribution in [0, 0.1) is 17.2 Å². The number of hydrogen-bond donors (Lipinski definition) is 0. The minimum Gasteiger partial charge on any atom is -0.450 e. The number of nitriles is 1. The number of nitrogens with zero attached hydrogens (tertiary/aromatic N) is 1. The van der Waals surface area contributed by atoms with E-state index in [0.29, 0.717) is 18.4 Å². The van der Waals surface area contributed by atoms with Crippen molar-refractivity contribution in [3.05, 3.63) is 11.1 Å². The van der Waals surface area contributed by atoms with E-state index in [4.69, 9.17) is 10.00 Å². The zero-order chi connectivity index (χ0) is 12.6. The van der Waals surface area contributed by atoms with Crippen molar-refractivity contribution in [2.24, 2.45) is 5.92 Å². The third-order valence-electron chi connectivity index (χ3n) is 4.00. The highest BCUT2D eigenvalue weighted by molar-refractivity contribution is 5.97. The van der Waals surface area contributed by atoms with Gasteiger partial charge >= 0.3 is 5.97 Å². The fourth-order valence-electron chi connectivity index (χ4n) is 2.74. The number of esters is 1. The second-order valence-electron chi connectivity index (χ2n) is 4.94. The lowest BCUT2D eigenvalue weighted by atomic mass is 9.74. The van der Waals surface area contributed by atoms with Gasteiger partial charge in [-0.25, -0.2) is 4.79 Å². The minimum atomic E-state index is -0.766. The minimum absolute atomic E-state index is 0.0125. The van der Waals surface area contributed by atoms with Crippen LogP contribution in [-0.2, 0) is 14.3 Å². The quantitative estimate of drug-likeness (QED) is 0.649. The second-order valence-corrected chi connectivity index (χ2v) is 4.94. The first-order valence-electron chi connectivity index (χ1n) is 5.85. The van der Waals surface area contributed by atoms with Crippen LogP contribution in [0.4, 0.5) is 0 Å². The molecule has 4 nitrogen and oxygen atoms in total. The summed E-state index contributed by atoms with van der Waals surface area (Å²) in [5.41, 5.74) is 0.00771. The van der Waals surface area contributed by atoms with E-state index in [0.717, 1.165) is 12.8 Å². The summed E-state index contributed by atoms with van der Waals surface area (Å²) in [5.74, 6) is -0.319. The van der Waals surface area contributed by atoms with Gasteiger partial charge in [0.2, 0.25) is 0 Å². The smallest absolute Gasteiger partial charge is 0.349 e. The van der Waals surface area contributed by atoms with Crippen LogP contribution in [0.5, 0.6) is 0 Å². The van der Waals surface area contributed by atoms with Crippen LogP contribution in [0.3, 0.4) is 0 Å². The molecule has 2 rings (SSSR count). The molecule has 0 aromatic rings. The SMILES string of the molecule is CC1=C(C#N)C(=O)O[C@]1(C)[C@H]1CCCC(=O)C1. The van der Waals surface area contributed by atoms with Crippen molar-refractivity contribution < 1.29 is 14.3 Å². The molecule has 0 N–H and O–H groups in total. The Morgan fingerprint density at radius 1 is 1.47 bits per heavy atom. The van der Waals surface area contributed by atoms with Crippen molar-refractivity contribution in [1.29, 1.82) is 5.26 Å². The summed E-state index contributed by atoms with van der Waals surface area (Å²) < 4.78 is 5.36. The number of Topliss-reactive ketones (excluding diaryl/α,β-unsaturated/α-hetero) is 1. The number of cyclic esters (lactones) is 1. The Bertz CT molecular complexity index is 458. The van der Waals surface area contributed by atoms with Gasteiger partial charge in [0.25, 0.3) is 0 Å². The highest BCUT2D eigenvalue weighted by Crippen LogP contribution is 2.43. The van der Waals surface area contributed by atoms with Crippen LogP contribution in [0.25, 0.3) is 0 Å². The normalized spacial score (nSPS) is 33.6. The van der Waals surface area contributed by atoms with Crippen molar-refractivity contribution in [1.82, 2.24) is 0 Å². The van der Waals surface area contributed by atoms with Gasteiger partial charge in [-0.05, 0) is 32.3 Å². The molecule has 2 atom stereocenters. The maximum atomic E-state index is 11.6. The summed E-state index contributed by atoms with van der Waals surface area (Å²) in [5, 5.41) is 8.91. The summed E-state index contributed by atoms with van der Waals surface area (Å²) >= 11 is 0. The van der Waals surface area contributed by atoms with Crippen LogP contribution in [0.15, 0.2) is 11.1 Å². The Morgan fingerprint density at radius 2 is 2.18 bits per heavy atom. The maximum absolute atomic E-state index is 11.6. The number of carbonyl (C=O) groups is 2. The summed E-state index contributed by atoms with van der Waals surface area (Å²) in [6.07, 6.45) is 2.77. The Morgan fingerprint density at radius 3 is 2.71 bits per heavy atom. The standard InChI is InChI=1S/C13H15NO3/c1-8-11(7-14)12(16)17-13(8,2)9-4-3-5-10(15)6-9/h9H,3-6H2,1-2H3/t9-,13-/m0/s1. The first kappa shape index (κ1) is 11.8. The fraction of sp³-hybridized carbons (Fsp3) is 0.615. The van der Waals surface area contributed by atoms with E-state index in [2.05, 4.69) is 0 Å². The van der Waals surface area contributed by atoms with Crippen LogP contribution in [0.2, 0.25) is 0 Å². The number of rotatable bonds is 1. The molecule has 2 aliphatic rings. The van der Waals surface area contributed by atoms with E-state index >= 15 is 0 Å². The molecule has 0 bridgehead atoms. The van der Waals surface area contributed by atoms with Crippen molar-refractivity contribution >= 4 is 11.8 Å². The van der Waals surface area contributed by atoms with E-state index in [9.17, 15) is 9.59 Å². The third kappa shape index (κ3) is 1.76. The highest BCUT2D eigenvalue weighted by atomic mass is 16.6. The summed E-state index contributed by atoms with van der Waals surface area (Å²) in [4.78, 5) is 23.1. The van der Waals surface area contributed by atoms with Crippen LogP contribution < -0.4 is 0 Å². The molecule has 0 radical (unpaired) electrons. The van der Waals surface area contributed by atoms with Gasteiger partial charge in [-0.1, -0.05) is 0 Å². The molecule has 4 heteroatoms. The van der Waals surface area contributed by atoms with Crippen molar-refractivity contribution in [3.63, 3.8) is 0 Å². The van der Waals surface area contributed by atoms with Crippen molar-refractivity contribution in [2.75, 3.05) is 0 Å². The predicted molar refractivity (Wildman–Crippen MR) is 59.8 cm³/mol. The van der Waals surface area contributed by atoms with Gasteiger partial charge in [0.05, 0.1) is 0 Å². The first-order valence-corrected chi connectivity index (χ1v) is 5.85. The van der Waals surface area contributed by atoms with E-state index in [-0.39, 0.29) is 17.3 Å². The molecular weight excluding hydrogens is 218 g/mol.